The number of aromatic nitrogens is 1. The number of halogens is 4. The van der Waals surface area contributed by atoms with Gasteiger partial charge in [-0.05, 0) is 58.5 Å². The van der Waals surface area contributed by atoms with Gasteiger partial charge in [0.1, 0.15) is 0 Å². The highest BCUT2D eigenvalue weighted by Crippen LogP contribution is 2.46. The minimum Gasteiger partial charge on any atom is -0.504 e. The molecule has 4 nitrogen and oxygen atoms in total. The molecule has 1 aromatic carbocycles. The van der Waals surface area contributed by atoms with E-state index in [1.807, 2.05) is 0 Å². The summed E-state index contributed by atoms with van der Waals surface area (Å²) in [6.45, 7) is 0. The number of hydrogen-bond donors (Lipinski definition) is 2. The zero-order valence-corrected chi connectivity index (χ0v) is 14.1. The lowest BCUT2D eigenvalue weighted by molar-refractivity contribution is -0.137. The second kappa shape index (κ2) is 6.00. The van der Waals surface area contributed by atoms with Crippen molar-refractivity contribution in [3.63, 3.8) is 0 Å². The van der Waals surface area contributed by atoms with Gasteiger partial charge in [-0.3, -0.25) is 4.98 Å². The number of alkyl halides is 3. The molecular formula is C16H10F3IN2O2. The first-order valence-corrected chi connectivity index (χ1v) is 7.75. The number of nitrogens with zero attached hydrogens (tertiary/aromatic N) is 1. The Morgan fingerprint density at radius 2 is 1.92 bits per heavy atom. The topological polar surface area (TPSA) is 72.3 Å². The van der Waals surface area contributed by atoms with Crippen LogP contribution < -0.4 is 5.73 Å². The Morgan fingerprint density at radius 3 is 2.54 bits per heavy atom. The number of anilines is 1. The summed E-state index contributed by atoms with van der Waals surface area (Å²) in [6, 6.07) is 6.71. The van der Waals surface area contributed by atoms with Gasteiger partial charge in [0.05, 0.1) is 11.1 Å². The minimum atomic E-state index is -4.50. The molecule has 124 valence electrons. The van der Waals surface area contributed by atoms with Crippen LogP contribution in [0.3, 0.4) is 0 Å². The zero-order valence-electron chi connectivity index (χ0n) is 11.9. The van der Waals surface area contributed by atoms with Gasteiger partial charge in [0.15, 0.2) is 11.5 Å². The molecule has 2 aromatic heterocycles. The van der Waals surface area contributed by atoms with Crippen molar-refractivity contribution in [1.82, 2.24) is 4.98 Å². The molecule has 3 rings (SSSR count). The third kappa shape index (κ3) is 3.05. The van der Waals surface area contributed by atoms with E-state index in [1.165, 1.54) is 12.3 Å². The molecule has 0 spiro atoms. The van der Waals surface area contributed by atoms with Gasteiger partial charge in [0.2, 0.25) is 5.88 Å². The van der Waals surface area contributed by atoms with E-state index in [-0.39, 0.29) is 28.5 Å². The van der Waals surface area contributed by atoms with Crippen LogP contribution in [0.25, 0.3) is 22.5 Å². The number of furan rings is 1. The SMILES string of the molecule is Nc1oc(-c2cccnc2)c(O)c1-c1cc(I)cc(C(F)(F)F)c1. The number of benzene rings is 1. The molecule has 24 heavy (non-hydrogen) atoms. The largest absolute Gasteiger partial charge is 0.504 e. The molecule has 0 atom stereocenters. The maximum atomic E-state index is 13.0. The Hall–Kier alpha value is -2.23. The highest BCUT2D eigenvalue weighted by Gasteiger charge is 2.32. The van der Waals surface area contributed by atoms with E-state index in [0.717, 1.165) is 12.1 Å². The van der Waals surface area contributed by atoms with Crippen LogP contribution in [-0.2, 0) is 6.18 Å². The molecule has 0 amide bonds. The fourth-order valence-corrected chi connectivity index (χ4v) is 2.98. The Labute approximate surface area is 148 Å². The lowest BCUT2D eigenvalue weighted by atomic mass is 10.0. The Bertz CT molecular complexity index is 892. The van der Waals surface area contributed by atoms with Crippen LogP contribution in [0.1, 0.15) is 5.56 Å². The van der Waals surface area contributed by atoms with E-state index in [1.54, 1.807) is 40.9 Å². The van der Waals surface area contributed by atoms with Gasteiger partial charge in [-0.15, -0.1) is 0 Å². The third-order valence-electron chi connectivity index (χ3n) is 3.35. The molecular weight excluding hydrogens is 436 g/mol. The van der Waals surface area contributed by atoms with Gasteiger partial charge in [0.25, 0.3) is 0 Å². The lowest BCUT2D eigenvalue weighted by Crippen LogP contribution is -2.05. The molecule has 0 aliphatic heterocycles. The highest BCUT2D eigenvalue weighted by molar-refractivity contribution is 14.1. The van der Waals surface area contributed by atoms with Crippen molar-refractivity contribution < 1.29 is 22.7 Å². The smallest absolute Gasteiger partial charge is 0.416 e. The molecule has 0 fully saturated rings. The van der Waals surface area contributed by atoms with Crippen molar-refractivity contribution in [3.05, 3.63) is 51.9 Å². The average molecular weight is 446 g/mol. The molecule has 0 saturated heterocycles. The first kappa shape index (κ1) is 16.6. The summed E-state index contributed by atoms with van der Waals surface area (Å²) in [5, 5.41) is 10.4. The quantitative estimate of drug-likeness (QED) is 0.549. The summed E-state index contributed by atoms with van der Waals surface area (Å²) >= 11 is 1.78. The van der Waals surface area contributed by atoms with Gasteiger partial charge < -0.3 is 15.3 Å². The van der Waals surface area contributed by atoms with E-state index in [0.29, 0.717) is 9.13 Å². The molecule has 2 heterocycles. The molecule has 0 saturated carbocycles. The average Bonchev–Trinajstić information content (AvgIpc) is 2.81. The summed E-state index contributed by atoms with van der Waals surface area (Å²) < 4.78 is 44.7. The fourth-order valence-electron chi connectivity index (χ4n) is 2.31. The molecule has 3 N–H and O–H groups in total. The number of aromatic hydroxyl groups is 1. The molecule has 0 unspecified atom stereocenters. The van der Waals surface area contributed by atoms with Crippen molar-refractivity contribution in [2.45, 2.75) is 6.18 Å². The fraction of sp³-hybridized carbons (Fsp3) is 0.0625. The van der Waals surface area contributed by atoms with E-state index in [2.05, 4.69) is 4.98 Å². The Morgan fingerprint density at radius 1 is 1.17 bits per heavy atom. The number of rotatable bonds is 2. The van der Waals surface area contributed by atoms with E-state index < -0.39 is 11.7 Å². The summed E-state index contributed by atoms with van der Waals surface area (Å²) in [6.07, 6.45) is -1.50. The van der Waals surface area contributed by atoms with Gasteiger partial charge in [0, 0.05) is 21.5 Å². The predicted octanol–water partition coefficient (Wildman–Crippen LogP) is 4.92. The van der Waals surface area contributed by atoms with E-state index in [4.69, 9.17) is 10.2 Å². The van der Waals surface area contributed by atoms with Gasteiger partial charge in [-0.1, -0.05) is 0 Å². The van der Waals surface area contributed by atoms with Gasteiger partial charge >= 0.3 is 6.18 Å². The van der Waals surface area contributed by atoms with Crippen LogP contribution in [0.5, 0.6) is 5.75 Å². The van der Waals surface area contributed by atoms with Crippen LogP contribution in [0.15, 0.2) is 47.1 Å². The first-order chi connectivity index (χ1) is 11.3. The molecule has 0 aliphatic carbocycles. The summed E-state index contributed by atoms with van der Waals surface area (Å²) in [4.78, 5) is 3.91. The van der Waals surface area contributed by atoms with Gasteiger partial charge in [-0.2, -0.15) is 13.2 Å². The van der Waals surface area contributed by atoms with Crippen LogP contribution in [0.2, 0.25) is 0 Å². The Kier molecular flexibility index (Phi) is 4.16. The maximum Gasteiger partial charge on any atom is 0.416 e. The summed E-state index contributed by atoms with van der Waals surface area (Å²) in [5.74, 6) is -0.430. The minimum absolute atomic E-state index is 0.0258. The van der Waals surface area contributed by atoms with Crippen LogP contribution in [-0.4, -0.2) is 10.1 Å². The van der Waals surface area contributed by atoms with E-state index >= 15 is 0 Å². The third-order valence-corrected chi connectivity index (χ3v) is 3.97. The lowest BCUT2D eigenvalue weighted by Gasteiger charge is -2.10. The maximum absolute atomic E-state index is 13.0. The van der Waals surface area contributed by atoms with Crippen molar-refractivity contribution >= 4 is 28.5 Å². The molecule has 0 bridgehead atoms. The van der Waals surface area contributed by atoms with Crippen molar-refractivity contribution in [2.24, 2.45) is 0 Å². The van der Waals surface area contributed by atoms with Crippen molar-refractivity contribution in [2.75, 3.05) is 5.73 Å². The van der Waals surface area contributed by atoms with Crippen LogP contribution in [0, 0.1) is 3.57 Å². The van der Waals surface area contributed by atoms with Crippen LogP contribution >= 0.6 is 22.6 Å². The number of nitrogen functional groups attached to an aromatic ring is 1. The number of hydrogen-bond acceptors (Lipinski definition) is 4. The molecule has 3 aromatic rings. The van der Waals surface area contributed by atoms with Gasteiger partial charge in [-0.25, -0.2) is 0 Å². The monoisotopic (exact) mass is 446 g/mol. The Balaban J connectivity index is 2.18. The second-order valence-corrected chi connectivity index (χ2v) is 6.23. The molecule has 0 radical (unpaired) electrons. The zero-order chi connectivity index (χ0) is 17.5. The van der Waals surface area contributed by atoms with Crippen LogP contribution in [0.4, 0.5) is 19.1 Å². The number of pyridine rings is 1. The first-order valence-electron chi connectivity index (χ1n) is 6.67. The summed E-state index contributed by atoms with van der Waals surface area (Å²) in [7, 11) is 0. The van der Waals surface area contributed by atoms with Crippen molar-refractivity contribution in [3.8, 4) is 28.2 Å². The van der Waals surface area contributed by atoms with E-state index in [9.17, 15) is 18.3 Å². The molecule has 0 aliphatic rings. The highest BCUT2D eigenvalue weighted by atomic mass is 127. The number of nitrogens with two attached hydrogens (primary N) is 1. The normalized spacial score (nSPS) is 11.7. The summed E-state index contributed by atoms with van der Waals surface area (Å²) in [5.41, 5.74) is 5.58. The predicted molar refractivity (Wildman–Crippen MR) is 91.2 cm³/mol. The second-order valence-electron chi connectivity index (χ2n) is 4.99. The molecule has 8 heteroatoms. The van der Waals surface area contributed by atoms with Crippen molar-refractivity contribution in [1.29, 1.82) is 0 Å². The standard InChI is InChI=1S/C16H10F3IN2O2/c17-16(18,19)10-4-9(5-11(20)6-10)12-13(23)14(24-15(12)21)8-2-1-3-22-7-8/h1-7,23H,21H2.